The number of fused-ring (bicyclic) bond motifs is 1. The van der Waals surface area contributed by atoms with E-state index in [1.165, 1.54) is 23.2 Å². The number of carbonyl (C=O) groups excluding carboxylic acids is 2. The number of hydrogen-bond acceptors (Lipinski definition) is 5. The number of anilines is 1. The van der Waals surface area contributed by atoms with Gasteiger partial charge in [0.05, 0.1) is 5.56 Å². The molecule has 3 N–H and O–H groups in total. The molecule has 3 aromatic rings. The maximum Gasteiger partial charge on any atom is 0.276 e. The van der Waals surface area contributed by atoms with Crippen molar-refractivity contribution in [1.29, 1.82) is 0 Å². The average molecular weight is 458 g/mol. The van der Waals surface area contributed by atoms with Crippen molar-refractivity contribution in [2.75, 3.05) is 11.9 Å². The zero-order valence-electron chi connectivity index (χ0n) is 16.0. The van der Waals surface area contributed by atoms with Crippen LogP contribution < -0.4 is 15.5 Å². The maximum atomic E-state index is 13.2. The highest BCUT2D eigenvalue weighted by molar-refractivity contribution is 6.31. The molecule has 1 aliphatic rings. The summed E-state index contributed by atoms with van der Waals surface area (Å²) in [5, 5.41) is 14.9. The van der Waals surface area contributed by atoms with E-state index in [1.807, 2.05) is 0 Å². The second-order valence-corrected chi connectivity index (χ2v) is 7.65. The monoisotopic (exact) mass is 457 g/mol. The predicted octanol–water partition coefficient (Wildman–Crippen LogP) is 4.38. The van der Waals surface area contributed by atoms with Crippen molar-refractivity contribution >= 4 is 40.7 Å². The molecule has 0 bridgehead atoms. The number of rotatable bonds is 5. The van der Waals surface area contributed by atoms with Gasteiger partial charge < -0.3 is 15.2 Å². The number of hydrogen-bond donors (Lipinski definition) is 3. The quantitative estimate of drug-likeness (QED) is 0.528. The molecule has 0 saturated heterocycles. The van der Waals surface area contributed by atoms with Crippen molar-refractivity contribution in [3.8, 4) is 11.5 Å². The number of carbonyl (C=O) groups is 2. The summed E-state index contributed by atoms with van der Waals surface area (Å²) in [4.78, 5) is 25.7. The van der Waals surface area contributed by atoms with E-state index in [-0.39, 0.29) is 12.4 Å². The van der Waals surface area contributed by atoms with E-state index in [0.717, 1.165) is 0 Å². The van der Waals surface area contributed by atoms with E-state index in [2.05, 4.69) is 10.7 Å². The average Bonchev–Trinajstić information content (AvgIpc) is 2.76. The Morgan fingerprint density at radius 1 is 1.03 bits per heavy atom. The SMILES string of the molecule is O=C(COc1ccc(Cl)cc1)NN1C(=O)c2cc(Cl)ccc2NC1c1ccc(O)cc1. The lowest BCUT2D eigenvalue weighted by molar-refractivity contribution is -0.127. The van der Waals surface area contributed by atoms with Gasteiger partial charge in [0, 0.05) is 15.7 Å². The van der Waals surface area contributed by atoms with E-state index >= 15 is 0 Å². The van der Waals surface area contributed by atoms with Gasteiger partial charge in [-0.3, -0.25) is 15.0 Å². The first-order chi connectivity index (χ1) is 14.9. The summed E-state index contributed by atoms with van der Waals surface area (Å²) in [5.41, 5.74) is 4.16. The van der Waals surface area contributed by atoms with Crippen molar-refractivity contribution in [3.05, 3.63) is 87.9 Å². The fourth-order valence-corrected chi connectivity index (χ4v) is 3.43. The van der Waals surface area contributed by atoms with E-state index in [1.54, 1.807) is 48.5 Å². The van der Waals surface area contributed by atoms with E-state index in [4.69, 9.17) is 27.9 Å². The summed E-state index contributed by atoms with van der Waals surface area (Å²) in [6.07, 6.45) is -0.707. The predicted molar refractivity (Wildman–Crippen MR) is 117 cm³/mol. The number of phenols is 1. The van der Waals surface area contributed by atoms with Gasteiger partial charge in [0.25, 0.3) is 11.8 Å². The summed E-state index contributed by atoms with van der Waals surface area (Å²) >= 11 is 11.9. The zero-order chi connectivity index (χ0) is 22.0. The topological polar surface area (TPSA) is 90.9 Å². The molecule has 0 spiro atoms. The first kappa shape index (κ1) is 20.8. The van der Waals surface area contributed by atoms with Crippen LogP contribution in [0.5, 0.6) is 11.5 Å². The number of hydrazine groups is 1. The third-order valence-corrected chi connectivity index (χ3v) is 5.11. The first-order valence-electron chi connectivity index (χ1n) is 9.27. The molecule has 0 saturated carbocycles. The van der Waals surface area contributed by atoms with Crippen LogP contribution in [0.2, 0.25) is 10.0 Å². The van der Waals surface area contributed by atoms with Gasteiger partial charge in [0.1, 0.15) is 17.7 Å². The minimum absolute atomic E-state index is 0.0880. The molecular formula is C22H17Cl2N3O4. The minimum Gasteiger partial charge on any atom is -0.508 e. The third kappa shape index (κ3) is 4.68. The highest BCUT2D eigenvalue weighted by atomic mass is 35.5. The number of nitrogens with zero attached hydrogens (tertiary/aromatic N) is 1. The third-order valence-electron chi connectivity index (χ3n) is 4.62. The molecule has 7 nitrogen and oxygen atoms in total. The van der Waals surface area contributed by atoms with Crippen LogP contribution in [0.3, 0.4) is 0 Å². The van der Waals surface area contributed by atoms with Gasteiger partial charge in [-0.05, 0) is 60.2 Å². The summed E-state index contributed by atoms with van der Waals surface area (Å²) < 4.78 is 5.46. The van der Waals surface area contributed by atoms with Crippen molar-refractivity contribution in [1.82, 2.24) is 10.4 Å². The van der Waals surface area contributed by atoms with E-state index in [9.17, 15) is 14.7 Å². The fraction of sp³-hybridized carbons (Fsp3) is 0.0909. The molecular weight excluding hydrogens is 441 g/mol. The van der Waals surface area contributed by atoms with E-state index in [0.29, 0.717) is 32.6 Å². The second-order valence-electron chi connectivity index (χ2n) is 6.78. The smallest absolute Gasteiger partial charge is 0.276 e. The number of benzene rings is 3. The maximum absolute atomic E-state index is 13.2. The number of aromatic hydroxyl groups is 1. The molecule has 3 aromatic carbocycles. The van der Waals surface area contributed by atoms with Crippen molar-refractivity contribution in [2.45, 2.75) is 6.17 Å². The molecule has 1 unspecified atom stereocenters. The molecule has 0 aliphatic carbocycles. The van der Waals surface area contributed by atoms with Gasteiger partial charge in [-0.1, -0.05) is 35.3 Å². The molecule has 0 radical (unpaired) electrons. The number of ether oxygens (including phenoxy) is 1. The molecule has 1 aliphatic heterocycles. The van der Waals surface area contributed by atoms with Crippen LogP contribution in [-0.4, -0.2) is 28.5 Å². The molecule has 0 aromatic heterocycles. The van der Waals surface area contributed by atoms with Crippen LogP contribution in [0, 0.1) is 0 Å². The standard InChI is InChI=1S/C22H17Cl2N3O4/c23-14-3-8-17(9-4-14)31-12-20(29)26-27-21(13-1-6-16(28)7-2-13)25-19-10-5-15(24)11-18(19)22(27)30/h1-11,21,25,28H,12H2,(H,26,29). The summed E-state index contributed by atoms with van der Waals surface area (Å²) in [5.74, 6) is -0.409. The Morgan fingerprint density at radius 3 is 2.42 bits per heavy atom. The Hall–Kier alpha value is -3.42. The van der Waals surface area contributed by atoms with Gasteiger partial charge in [-0.15, -0.1) is 0 Å². The molecule has 31 heavy (non-hydrogen) atoms. The number of phenolic OH excluding ortho intramolecular Hbond substituents is 1. The lowest BCUT2D eigenvalue weighted by Crippen LogP contribution is -2.53. The normalized spacial score (nSPS) is 15.1. The Labute approximate surface area is 188 Å². The van der Waals surface area contributed by atoms with Crippen LogP contribution in [0.15, 0.2) is 66.7 Å². The van der Waals surface area contributed by atoms with Crippen LogP contribution in [-0.2, 0) is 4.79 Å². The van der Waals surface area contributed by atoms with Crippen LogP contribution in [0.25, 0.3) is 0 Å². The highest BCUT2D eigenvalue weighted by Gasteiger charge is 2.34. The second kappa shape index (κ2) is 8.75. The Morgan fingerprint density at radius 2 is 1.71 bits per heavy atom. The van der Waals surface area contributed by atoms with Gasteiger partial charge in [0.15, 0.2) is 6.61 Å². The molecule has 158 valence electrons. The molecule has 2 amide bonds. The first-order valence-corrected chi connectivity index (χ1v) is 10.0. The van der Waals surface area contributed by atoms with Gasteiger partial charge >= 0.3 is 0 Å². The van der Waals surface area contributed by atoms with E-state index < -0.39 is 18.0 Å². The molecule has 9 heteroatoms. The zero-order valence-corrected chi connectivity index (χ0v) is 17.5. The lowest BCUT2D eigenvalue weighted by atomic mass is 10.0. The van der Waals surface area contributed by atoms with Crippen molar-refractivity contribution in [3.63, 3.8) is 0 Å². The Balaban J connectivity index is 1.56. The lowest BCUT2D eigenvalue weighted by Gasteiger charge is -2.37. The van der Waals surface area contributed by atoms with Crippen LogP contribution in [0.4, 0.5) is 5.69 Å². The summed E-state index contributed by atoms with van der Waals surface area (Å²) in [6.45, 7) is -0.309. The molecule has 1 heterocycles. The minimum atomic E-state index is -0.707. The van der Waals surface area contributed by atoms with Crippen molar-refractivity contribution < 1.29 is 19.4 Å². The van der Waals surface area contributed by atoms with Crippen LogP contribution >= 0.6 is 23.2 Å². The van der Waals surface area contributed by atoms with Gasteiger partial charge in [-0.25, -0.2) is 5.01 Å². The van der Waals surface area contributed by atoms with Crippen molar-refractivity contribution in [2.24, 2.45) is 0 Å². The fourth-order valence-electron chi connectivity index (χ4n) is 3.13. The number of amides is 2. The van der Waals surface area contributed by atoms with Gasteiger partial charge in [0.2, 0.25) is 0 Å². The summed E-state index contributed by atoms with van der Waals surface area (Å²) in [6, 6.07) is 17.8. The summed E-state index contributed by atoms with van der Waals surface area (Å²) in [7, 11) is 0. The molecule has 1 atom stereocenters. The highest BCUT2D eigenvalue weighted by Crippen LogP contribution is 2.34. The Kier molecular flexibility index (Phi) is 5.88. The Bertz CT molecular complexity index is 1120. The van der Waals surface area contributed by atoms with Crippen LogP contribution in [0.1, 0.15) is 22.1 Å². The molecule has 0 fully saturated rings. The number of halogens is 2. The largest absolute Gasteiger partial charge is 0.508 e. The number of nitrogens with one attached hydrogen (secondary N) is 2. The van der Waals surface area contributed by atoms with Gasteiger partial charge in [-0.2, -0.15) is 0 Å². The molecule has 4 rings (SSSR count).